The lowest BCUT2D eigenvalue weighted by Gasteiger charge is -2.23. The molecule has 1 aliphatic rings. The molecule has 1 aromatic heterocycles. The van der Waals surface area contributed by atoms with Gasteiger partial charge in [0.2, 0.25) is 11.8 Å². The van der Waals surface area contributed by atoms with E-state index in [1.54, 1.807) is 18.3 Å². The highest BCUT2D eigenvalue weighted by Crippen LogP contribution is 2.29. The second kappa shape index (κ2) is 5.33. The molecule has 108 valence electrons. The molecule has 0 spiro atoms. The lowest BCUT2D eigenvalue weighted by molar-refractivity contribution is -0.133. The molecule has 0 aliphatic carbocycles. The number of benzene rings is 1. The Kier molecular flexibility index (Phi) is 3.50. The first-order valence-corrected chi connectivity index (χ1v) is 7.28. The predicted octanol–water partition coefficient (Wildman–Crippen LogP) is 1.80. The van der Waals surface area contributed by atoms with Gasteiger partial charge >= 0.3 is 0 Å². The topological polar surface area (TPSA) is 97.1 Å². The number of aromatic nitrogens is 1. The number of nitrogens with two attached hydrogens (primary N) is 1. The van der Waals surface area contributed by atoms with E-state index in [2.05, 4.69) is 31.5 Å². The minimum Gasteiger partial charge on any atom is -0.398 e. The van der Waals surface area contributed by atoms with Crippen LogP contribution in [0.4, 0.5) is 11.4 Å². The van der Waals surface area contributed by atoms with Crippen molar-refractivity contribution in [1.82, 2.24) is 10.3 Å². The molecule has 1 aromatic carbocycles. The van der Waals surface area contributed by atoms with Crippen molar-refractivity contribution in [1.29, 1.82) is 0 Å². The molecule has 1 aliphatic heterocycles. The third-order valence-corrected chi connectivity index (χ3v) is 3.85. The molecule has 2 heterocycles. The number of imide groups is 1. The Morgan fingerprint density at radius 1 is 1.38 bits per heavy atom. The average Bonchev–Trinajstić information content (AvgIpc) is 2.45. The number of fused-ring (bicyclic) bond motifs is 1. The van der Waals surface area contributed by atoms with Gasteiger partial charge in [0.25, 0.3) is 0 Å². The fraction of sp³-hybridized carbons (Fsp3) is 0.214. The molecule has 1 unspecified atom stereocenters. The zero-order valence-electron chi connectivity index (χ0n) is 11.0. The van der Waals surface area contributed by atoms with E-state index < -0.39 is 6.04 Å². The molecule has 1 atom stereocenters. The van der Waals surface area contributed by atoms with Gasteiger partial charge in [-0.15, -0.1) is 0 Å². The summed E-state index contributed by atoms with van der Waals surface area (Å²) in [6, 6.07) is 5.00. The van der Waals surface area contributed by atoms with E-state index in [9.17, 15) is 9.59 Å². The number of nitrogens with zero attached hydrogens (tertiary/aromatic N) is 1. The number of pyridine rings is 1. The molecule has 7 heteroatoms. The van der Waals surface area contributed by atoms with Crippen LogP contribution in [0.2, 0.25) is 0 Å². The first kappa shape index (κ1) is 13.8. The number of carbonyl (C=O) groups is 2. The van der Waals surface area contributed by atoms with E-state index in [0.717, 1.165) is 15.5 Å². The maximum absolute atomic E-state index is 11.8. The molecule has 1 fully saturated rings. The van der Waals surface area contributed by atoms with Crippen molar-refractivity contribution in [2.75, 3.05) is 11.1 Å². The highest BCUT2D eigenvalue weighted by atomic mass is 79.9. The molecule has 6 nitrogen and oxygen atoms in total. The number of piperidine rings is 1. The van der Waals surface area contributed by atoms with Gasteiger partial charge in [0.05, 0.1) is 11.2 Å². The molecule has 2 amide bonds. The molecule has 1 saturated heterocycles. The van der Waals surface area contributed by atoms with E-state index in [1.165, 1.54) is 0 Å². The number of rotatable bonds is 2. The summed E-state index contributed by atoms with van der Waals surface area (Å²) in [7, 11) is 0. The van der Waals surface area contributed by atoms with E-state index in [-0.39, 0.29) is 11.8 Å². The molecular formula is C14H13BrN4O2. The van der Waals surface area contributed by atoms with Gasteiger partial charge < -0.3 is 11.1 Å². The van der Waals surface area contributed by atoms with Crippen LogP contribution in [0, 0.1) is 0 Å². The Balaban J connectivity index is 1.96. The molecule has 21 heavy (non-hydrogen) atoms. The summed E-state index contributed by atoms with van der Waals surface area (Å²) in [5.74, 6) is -0.546. The summed E-state index contributed by atoms with van der Waals surface area (Å²) in [5, 5.41) is 6.28. The van der Waals surface area contributed by atoms with Gasteiger partial charge in [0.1, 0.15) is 6.04 Å². The second-order valence-electron chi connectivity index (χ2n) is 4.90. The number of amides is 2. The molecule has 2 aromatic rings. The lowest BCUT2D eigenvalue weighted by Crippen LogP contribution is -2.47. The highest BCUT2D eigenvalue weighted by molar-refractivity contribution is 9.10. The smallest absolute Gasteiger partial charge is 0.249 e. The third kappa shape index (κ3) is 2.69. The van der Waals surface area contributed by atoms with Crippen LogP contribution in [-0.4, -0.2) is 22.8 Å². The molecule has 4 N–H and O–H groups in total. The maximum atomic E-state index is 11.8. The normalized spacial score (nSPS) is 18.6. The third-order valence-electron chi connectivity index (χ3n) is 3.42. The van der Waals surface area contributed by atoms with E-state index >= 15 is 0 Å². The van der Waals surface area contributed by atoms with Crippen molar-refractivity contribution in [2.45, 2.75) is 18.9 Å². The Morgan fingerprint density at radius 3 is 2.95 bits per heavy atom. The van der Waals surface area contributed by atoms with Crippen LogP contribution in [0.25, 0.3) is 10.9 Å². The number of nitrogens with one attached hydrogen (secondary N) is 2. The summed E-state index contributed by atoms with van der Waals surface area (Å²) in [6.07, 6.45) is 2.47. The first-order valence-electron chi connectivity index (χ1n) is 6.48. The SMILES string of the molecule is Nc1ccc(NC2CCC(=O)NC2=O)c2ncc(Br)cc12. The number of nitrogen functional groups attached to an aromatic ring is 1. The van der Waals surface area contributed by atoms with Gasteiger partial charge in [-0.1, -0.05) is 0 Å². The average molecular weight is 349 g/mol. The zero-order chi connectivity index (χ0) is 15.0. The van der Waals surface area contributed by atoms with Crippen LogP contribution in [0.3, 0.4) is 0 Å². The number of carbonyl (C=O) groups excluding carboxylic acids is 2. The van der Waals surface area contributed by atoms with Crippen molar-refractivity contribution < 1.29 is 9.59 Å². The zero-order valence-corrected chi connectivity index (χ0v) is 12.6. The standard InChI is InChI=1S/C14H13BrN4O2/c15-7-5-8-9(16)1-2-10(13(8)17-6-7)18-11-3-4-12(20)19-14(11)21/h1-2,5-6,11,18H,3-4,16H2,(H,19,20,21). The van der Waals surface area contributed by atoms with Gasteiger partial charge in [0.15, 0.2) is 0 Å². The molecule has 0 bridgehead atoms. The Labute approximate surface area is 129 Å². The Morgan fingerprint density at radius 2 is 2.19 bits per heavy atom. The summed E-state index contributed by atoms with van der Waals surface area (Å²) in [5.41, 5.74) is 8.00. The van der Waals surface area contributed by atoms with Gasteiger partial charge in [-0.3, -0.25) is 19.9 Å². The number of anilines is 2. The number of hydrogen-bond donors (Lipinski definition) is 3. The van der Waals surface area contributed by atoms with Crippen molar-refractivity contribution >= 4 is 50.0 Å². The van der Waals surface area contributed by atoms with Crippen LogP contribution >= 0.6 is 15.9 Å². The molecule has 0 radical (unpaired) electrons. The first-order chi connectivity index (χ1) is 10.0. The van der Waals surface area contributed by atoms with E-state index in [1.807, 2.05) is 6.07 Å². The number of halogens is 1. The monoisotopic (exact) mass is 348 g/mol. The quantitative estimate of drug-likeness (QED) is 0.567. The molecule has 0 saturated carbocycles. The molecule has 3 rings (SSSR count). The van der Waals surface area contributed by atoms with Gasteiger partial charge in [0, 0.05) is 28.2 Å². The summed E-state index contributed by atoms with van der Waals surface area (Å²) in [6.45, 7) is 0. The Bertz CT molecular complexity index is 747. The van der Waals surface area contributed by atoms with E-state index in [4.69, 9.17) is 5.73 Å². The van der Waals surface area contributed by atoms with Crippen LogP contribution in [0.5, 0.6) is 0 Å². The lowest BCUT2D eigenvalue weighted by atomic mass is 10.0. The largest absolute Gasteiger partial charge is 0.398 e. The number of hydrogen-bond acceptors (Lipinski definition) is 5. The van der Waals surface area contributed by atoms with Crippen LogP contribution in [0.15, 0.2) is 28.9 Å². The summed E-state index contributed by atoms with van der Waals surface area (Å²) < 4.78 is 0.833. The van der Waals surface area contributed by atoms with Crippen molar-refractivity contribution in [2.24, 2.45) is 0 Å². The van der Waals surface area contributed by atoms with Crippen molar-refractivity contribution in [3.63, 3.8) is 0 Å². The van der Waals surface area contributed by atoms with Crippen LogP contribution < -0.4 is 16.4 Å². The van der Waals surface area contributed by atoms with Crippen LogP contribution in [-0.2, 0) is 9.59 Å². The molecular weight excluding hydrogens is 336 g/mol. The second-order valence-corrected chi connectivity index (χ2v) is 5.82. The predicted molar refractivity (Wildman–Crippen MR) is 83.6 cm³/mol. The minimum atomic E-state index is -0.444. The minimum absolute atomic E-state index is 0.234. The van der Waals surface area contributed by atoms with Gasteiger partial charge in [-0.2, -0.15) is 0 Å². The van der Waals surface area contributed by atoms with E-state index in [0.29, 0.717) is 24.0 Å². The Hall–Kier alpha value is -2.15. The van der Waals surface area contributed by atoms with Crippen molar-refractivity contribution in [3.05, 3.63) is 28.9 Å². The van der Waals surface area contributed by atoms with Gasteiger partial charge in [-0.05, 0) is 40.5 Å². The fourth-order valence-electron chi connectivity index (χ4n) is 2.35. The highest BCUT2D eigenvalue weighted by Gasteiger charge is 2.26. The van der Waals surface area contributed by atoms with Gasteiger partial charge in [-0.25, -0.2) is 0 Å². The van der Waals surface area contributed by atoms with Crippen LogP contribution in [0.1, 0.15) is 12.8 Å². The van der Waals surface area contributed by atoms with Crippen molar-refractivity contribution in [3.8, 4) is 0 Å². The summed E-state index contributed by atoms with van der Waals surface area (Å²) in [4.78, 5) is 27.4. The fourth-order valence-corrected chi connectivity index (χ4v) is 2.68. The summed E-state index contributed by atoms with van der Waals surface area (Å²) >= 11 is 3.37. The maximum Gasteiger partial charge on any atom is 0.249 e.